The minimum absolute atomic E-state index is 0.0349. The van der Waals surface area contributed by atoms with E-state index in [0.717, 1.165) is 52.6 Å². The van der Waals surface area contributed by atoms with Crippen LogP contribution in [0.3, 0.4) is 0 Å². The minimum Gasteiger partial charge on any atom is -0.281 e. The smallest absolute Gasteiger partial charge is 0.263 e. The largest absolute Gasteiger partial charge is 0.281 e. The van der Waals surface area contributed by atoms with Crippen LogP contribution >= 0.6 is 11.6 Å². The first-order valence-electron chi connectivity index (χ1n) is 8.99. The first kappa shape index (κ1) is 16.9. The quantitative estimate of drug-likeness (QED) is 0.554. The number of nitrogens with zero attached hydrogens (tertiary/aromatic N) is 1. The van der Waals surface area contributed by atoms with Crippen LogP contribution in [0, 0.1) is 0 Å². The van der Waals surface area contributed by atoms with E-state index in [4.69, 9.17) is 11.6 Å². The van der Waals surface area contributed by atoms with Gasteiger partial charge in [0.2, 0.25) is 0 Å². The van der Waals surface area contributed by atoms with E-state index < -0.39 is 0 Å². The molecule has 4 rings (SSSR count). The van der Waals surface area contributed by atoms with Crippen molar-refractivity contribution in [3.63, 3.8) is 0 Å². The van der Waals surface area contributed by atoms with Gasteiger partial charge in [-0.1, -0.05) is 61.0 Å². The van der Waals surface area contributed by atoms with Crippen LogP contribution in [0.4, 0.5) is 0 Å². The number of hydrogen-bond donors (Lipinski definition) is 0. The third-order valence-electron chi connectivity index (χ3n) is 4.85. The number of aryl methyl sites for hydroxylation is 1. The molecule has 1 aliphatic rings. The highest BCUT2D eigenvalue weighted by molar-refractivity contribution is 6.30. The predicted octanol–water partition coefficient (Wildman–Crippen LogP) is 6.08. The van der Waals surface area contributed by atoms with Crippen LogP contribution < -0.4 is 5.56 Å². The lowest BCUT2D eigenvalue weighted by Gasteiger charge is -2.17. The summed E-state index contributed by atoms with van der Waals surface area (Å²) in [6.07, 6.45) is 9.13. The number of aromatic nitrogens is 1. The number of rotatable bonds is 3. The lowest BCUT2D eigenvalue weighted by molar-refractivity contribution is 0.895. The maximum atomic E-state index is 13.5. The Labute approximate surface area is 158 Å². The monoisotopic (exact) mass is 361 g/mol. The summed E-state index contributed by atoms with van der Waals surface area (Å²) >= 11 is 6.18. The van der Waals surface area contributed by atoms with Crippen molar-refractivity contribution in [1.29, 1.82) is 0 Å². The molecule has 2 aromatic carbocycles. The molecule has 3 aromatic rings. The Kier molecular flexibility index (Phi) is 4.52. The molecule has 0 atom stereocenters. The van der Waals surface area contributed by atoms with Crippen LogP contribution in [0.2, 0.25) is 5.02 Å². The van der Waals surface area contributed by atoms with Gasteiger partial charge in [0.25, 0.3) is 5.56 Å². The number of halogens is 1. The Balaban J connectivity index is 2.06. The molecule has 2 nitrogen and oxygen atoms in total. The fraction of sp³-hybridized carbons (Fsp3) is 0.174. The van der Waals surface area contributed by atoms with Crippen LogP contribution in [0.15, 0.2) is 71.6 Å². The lowest BCUT2D eigenvalue weighted by Crippen LogP contribution is -2.23. The molecule has 3 heteroatoms. The van der Waals surface area contributed by atoms with Crippen LogP contribution in [0.1, 0.15) is 25.5 Å². The molecule has 0 fully saturated rings. The highest BCUT2D eigenvalue weighted by atomic mass is 35.5. The van der Waals surface area contributed by atoms with Crippen molar-refractivity contribution in [3.05, 3.63) is 87.8 Å². The van der Waals surface area contributed by atoms with Gasteiger partial charge in [0.15, 0.2) is 0 Å². The van der Waals surface area contributed by atoms with Crippen molar-refractivity contribution < 1.29 is 0 Å². The van der Waals surface area contributed by atoms with Crippen molar-refractivity contribution in [2.75, 3.05) is 0 Å². The fourth-order valence-electron chi connectivity index (χ4n) is 3.62. The first-order chi connectivity index (χ1) is 12.7. The zero-order valence-electron chi connectivity index (χ0n) is 14.7. The maximum absolute atomic E-state index is 13.5. The summed E-state index contributed by atoms with van der Waals surface area (Å²) in [4.78, 5) is 13.5. The Hall–Kier alpha value is -2.58. The average Bonchev–Trinajstić information content (AvgIpc) is 2.68. The molecule has 0 N–H and O–H groups in total. The molecule has 1 aliphatic carbocycles. The number of pyridine rings is 1. The van der Waals surface area contributed by atoms with Gasteiger partial charge >= 0.3 is 0 Å². The summed E-state index contributed by atoms with van der Waals surface area (Å²) in [6.45, 7) is 2.09. The van der Waals surface area contributed by atoms with E-state index in [1.165, 1.54) is 0 Å². The van der Waals surface area contributed by atoms with Crippen LogP contribution in [-0.4, -0.2) is 4.57 Å². The molecular formula is C23H20ClNO. The van der Waals surface area contributed by atoms with Crippen LogP contribution in [0.25, 0.3) is 27.6 Å². The summed E-state index contributed by atoms with van der Waals surface area (Å²) < 4.78 is 1.87. The zero-order valence-corrected chi connectivity index (χ0v) is 15.5. The summed E-state index contributed by atoms with van der Waals surface area (Å²) in [5.41, 5.74) is 3.92. The third-order valence-corrected chi connectivity index (χ3v) is 5.09. The fourth-order valence-corrected chi connectivity index (χ4v) is 3.81. The molecule has 0 saturated carbocycles. The maximum Gasteiger partial charge on any atom is 0.263 e. The van der Waals surface area contributed by atoms with E-state index in [-0.39, 0.29) is 5.56 Å². The number of fused-ring (bicyclic) bond motifs is 1. The number of allylic oxidation sites excluding steroid dienone is 4. The van der Waals surface area contributed by atoms with Gasteiger partial charge in [-0.25, -0.2) is 0 Å². The molecular weight excluding hydrogens is 342 g/mol. The SMILES string of the molecule is CCc1cc2cccc(-c3cccc(Cl)c3)c2c(=O)n1C1=CCCC=C1. The Morgan fingerprint density at radius 2 is 1.92 bits per heavy atom. The number of benzene rings is 2. The molecule has 0 aliphatic heterocycles. The van der Waals surface area contributed by atoms with Gasteiger partial charge in [0.05, 0.1) is 5.39 Å². The Morgan fingerprint density at radius 3 is 2.65 bits per heavy atom. The van der Waals surface area contributed by atoms with Gasteiger partial charge in [0, 0.05) is 16.4 Å². The van der Waals surface area contributed by atoms with E-state index in [1.54, 1.807) is 0 Å². The molecule has 0 saturated heterocycles. The van der Waals surface area contributed by atoms with Crippen molar-refractivity contribution in [2.45, 2.75) is 26.2 Å². The van der Waals surface area contributed by atoms with Gasteiger partial charge in [-0.15, -0.1) is 0 Å². The van der Waals surface area contributed by atoms with Crippen molar-refractivity contribution in [3.8, 4) is 11.1 Å². The molecule has 0 spiro atoms. The van der Waals surface area contributed by atoms with E-state index in [2.05, 4.69) is 31.2 Å². The zero-order chi connectivity index (χ0) is 18.1. The standard InChI is InChI=1S/C23H20ClNO/c1-2-19-15-17-9-7-13-21(16-8-6-10-18(24)14-16)22(17)23(26)25(19)20-11-4-3-5-12-20/h4,6-15H,2-3,5H2,1H3. The van der Waals surface area contributed by atoms with Crippen LogP contribution in [0.5, 0.6) is 0 Å². The molecule has 0 radical (unpaired) electrons. The number of hydrogen-bond acceptors (Lipinski definition) is 1. The van der Waals surface area contributed by atoms with Gasteiger partial charge in [-0.2, -0.15) is 0 Å². The van der Waals surface area contributed by atoms with Crippen molar-refractivity contribution in [1.82, 2.24) is 4.57 Å². The Bertz CT molecular complexity index is 1100. The lowest BCUT2D eigenvalue weighted by atomic mass is 9.98. The van der Waals surface area contributed by atoms with E-state index in [1.807, 2.05) is 47.0 Å². The van der Waals surface area contributed by atoms with Crippen molar-refractivity contribution >= 4 is 28.1 Å². The van der Waals surface area contributed by atoms with Crippen LogP contribution in [-0.2, 0) is 6.42 Å². The first-order valence-corrected chi connectivity index (χ1v) is 9.37. The second-order valence-electron chi connectivity index (χ2n) is 6.52. The average molecular weight is 362 g/mol. The molecule has 0 amide bonds. The van der Waals surface area contributed by atoms with E-state index in [0.29, 0.717) is 5.02 Å². The second kappa shape index (κ2) is 6.97. The second-order valence-corrected chi connectivity index (χ2v) is 6.96. The minimum atomic E-state index is 0.0349. The summed E-state index contributed by atoms with van der Waals surface area (Å²) in [6, 6.07) is 15.8. The molecule has 1 aromatic heterocycles. The molecule has 26 heavy (non-hydrogen) atoms. The highest BCUT2D eigenvalue weighted by Crippen LogP contribution is 2.29. The summed E-state index contributed by atoms with van der Waals surface area (Å²) in [7, 11) is 0. The third kappa shape index (κ3) is 2.91. The van der Waals surface area contributed by atoms with E-state index >= 15 is 0 Å². The van der Waals surface area contributed by atoms with E-state index in [9.17, 15) is 4.79 Å². The molecule has 0 unspecified atom stereocenters. The molecule has 130 valence electrons. The predicted molar refractivity (Wildman–Crippen MR) is 111 cm³/mol. The Morgan fingerprint density at radius 1 is 1.08 bits per heavy atom. The van der Waals surface area contributed by atoms with Gasteiger partial charge < -0.3 is 0 Å². The topological polar surface area (TPSA) is 22.0 Å². The molecule has 1 heterocycles. The summed E-state index contributed by atoms with van der Waals surface area (Å²) in [5, 5.41) is 2.38. The normalized spacial score (nSPS) is 13.8. The molecule has 0 bridgehead atoms. The van der Waals surface area contributed by atoms with Crippen molar-refractivity contribution in [2.24, 2.45) is 0 Å². The summed E-state index contributed by atoms with van der Waals surface area (Å²) in [5.74, 6) is 0. The van der Waals surface area contributed by atoms with Gasteiger partial charge in [-0.05, 0) is 60.1 Å². The van der Waals surface area contributed by atoms with Gasteiger partial charge in [-0.3, -0.25) is 9.36 Å². The van der Waals surface area contributed by atoms with Gasteiger partial charge in [0.1, 0.15) is 0 Å². The highest BCUT2D eigenvalue weighted by Gasteiger charge is 2.15.